The van der Waals surface area contributed by atoms with Crippen LogP contribution in [0.5, 0.6) is 0 Å². The van der Waals surface area contributed by atoms with Gasteiger partial charge in [0.2, 0.25) is 15.0 Å². The van der Waals surface area contributed by atoms with Crippen molar-refractivity contribution in [1.82, 2.24) is 19.3 Å². The van der Waals surface area contributed by atoms with Gasteiger partial charge in [-0.15, -0.1) is 16.4 Å². The Balaban J connectivity index is 1.35. The Hall–Kier alpha value is -3.14. The van der Waals surface area contributed by atoms with Crippen LogP contribution in [0.3, 0.4) is 0 Å². The summed E-state index contributed by atoms with van der Waals surface area (Å²) in [6.45, 7) is 0.215. The lowest BCUT2D eigenvalue weighted by Gasteiger charge is -2.09. The Bertz CT molecular complexity index is 1500. The molecule has 5 rings (SSSR count). The van der Waals surface area contributed by atoms with Crippen molar-refractivity contribution in [3.8, 4) is 11.4 Å². The van der Waals surface area contributed by atoms with E-state index < -0.39 is 10.0 Å². The topological polar surface area (TPSA) is 76.4 Å². The van der Waals surface area contributed by atoms with Gasteiger partial charge in [0.1, 0.15) is 5.82 Å². The fourth-order valence-electron chi connectivity index (χ4n) is 3.47. The van der Waals surface area contributed by atoms with Gasteiger partial charge in [0.05, 0.1) is 10.6 Å². The SMILES string of the molecule is O=S(=O)(NCCc1csc2nc(-c3cccc(F)c3)nn12)c1cccc2ccccc12. The van der Waals surface area contributed by atoms with Crippen LogP contribution in [0.4, 0.5) is 4.39 Å². The molecule has 5 aromatic rings. The highest BCUT2D eigenvalue weighted by molar-refractivity contribution is 7.89. The number of nitrogens with one attached hydrogen (secondary N) is 1. The molecular formula is C22H17FN4O2S2. The highest BCUT2D eigenvalue weighted by atomic mass is 32.2. The Labute approximate surface area is 182 Å². The average molecular weight is 453 g/mol. The van der Waals surface area contributed by atoms with Gasteiger partial charge in [-0.3, -0.25) is 0 Å². The Kier molecular flexibility index (Phi) is 5.01. The third-order valence-corrected chi connectivity index (χ3v) is 7.33. The number of hydrogen-bond donors (Lipinski definition) is 1. The van der Waals surface area contributed by atoms with E-state index in [0.717, 1.165) is 11.1 Å². The largest absolute Gasteiger partial charge is 0.241 e. The second-order valence-electron chi connectivity index (χ2n) is 6.99. The molecule has 1 N–H and O–H groups in total. The van der Waals surface area contributed by atoms with Crippen LogP contribution in [0, 0.1) is 5.82 Å². The number of halogens is 1. The number of thiazole rings is 1. The number of aromatic nitrogens is 3. The molecule has 0 saturated carbocycles. The lowest BCUT2D eigenvalue weighted by Crippen LogP contribution is -2.26. The molecule has 9 heteroatoms. The van der Waals surface area contributed by atoms with Gasteiger partial charge in [-0.25, -0.2) is 22.0 Å². The van der Waals surface area contributed by atoms with Gasteiger partial charge < -0.3 is 0 Å². The van der Waals surface area contributed by atoms with Gasteiger partial charge in [-0.2, -0.15) is 4.98 Å². The summed E-state index contributed by atoms with van der Waals surface area (Å²) in [5, 5.41) is 7.93. The summed E-state index contributed by atoms with van der Waals surface area (Å²) >= 11 is 1.41. The minimum Gasteiger partial charge on any atom is -0.211 e. The molecule has 0 amide bonds. The first-order valence-corrected chi connectivity index (χ1v) is 11.9. The molecule has 0 saturated heterocycles. The molecule has 0 aliphatic heterocycles. The average Bonchev–Trinajstić information content (AvgIpc) is 3.35. The van der Waals surface area contributed by atoms with Crippen molar-refractivity contribution < 1.29 is 12.8 Å². The van der Waals surface area contributed by atoms with Crippen molar-refractivity contribution in [3.05, 3.63) is 83.6 Å². The minimum absolute atomic E-state index is 0.215. The van der Waals surface area contributed by atoms with Crippen LogP contribution in [0.2, 0.25) is 0 Å². The first kappa shape index (κ1) is 19.8. The highest BCUT2D eigenvalue weighted by Crippen LogP contribution is 2.24. The summed E-state index contributed by atoms with van der Waals surface area (Å²) in [7, 11) is -3.67. The summed E-state index contributed by atoms with van der Waals surface area (Å²) in [6.07, 6.45) is 0.440. The van der Waals surface area contributed by atoms with E-state index in [1.807, 2.05) is 29.6 Å². The molecular weight excluding hydrogens is 435 g/mol. The lowest BCUT2D eigenvalue weighted by molar-refractivity contribution is 0.582. The number of sulfonamides is 1. The van der Waals surface area contributed by atoms with E-state index in [1.54, 1.807) is 34.8 Å². The zero-order valence-corrected chi connectivity index (χ0v) is 17.8. The summed E-state index contributed by atoms with van der Waals surface area (Å²) in [4.78, 5) is 5.38. The Morgan fingerprint density at radius 1 is 1.03 bits per heavy atom. The van der Waals surface area contributed by atoms with Gasteiger partial charge in [-0.05, 0) is 23.6 Å². The van der Waals surface area contributed by atoms with E-state index in [1.165, 1.54) is 23.5 Å². The fourth-order valence-corrected chi connectivity index (χ4v) is 5.58. The monoisotopic (exact) mass is 452 g/mol. The van der Waals surface area contributed by atoms with Gasteiger partial charge >= 0.3 is 0 Å². The fraction of sp³-hybridized carbons (Fsp3) is 0.0909. The van der Waals surface area contributed by atoms with Crippen LogP contribution in [0.15, 0.2) is 77.0 Å². The van der Waals surface area contributed by atoms with Crippen molar-refractivity contribution in [1.29, 1.82) is 0 Å². The molecule has 0 fully saturated rings. The quantitative estimate of drug-likeness (QED) is 0.417. The minimum atomic E-state index is -3.67. The zero-order chi connectivity index (χ0) is 21.4. The van der Waals surface area contributed by atoms with Crippen molar-refractivity contribution in [2.45, 2.75) is 11.3 Å². The van der Waals surface area contributed by atoms with Crippen LogP contribution in [0.1, 0.15) is 5.69 Å². The molecule has 156 valence electrons. The second-order valence-corrected chi connectivity index (χ2v) is 9.56. The highest BCUT2D eigenvalue weighted by Gasteiger charge is 2.17. The summed E-state index contributed by atoms with van der Waals surface area (Å²) in [6, 6.07) is 18.7. The van der Waals surface area contributed by atoms with E-state index in [4.69, 9.17) is 0 Å². The van der Waals surface area contributed by atoms with E-state index in [-0.39, 0.29) is 17.3 Å². The predicted molar refractivity (Wildman–Crippen MR) is 119 cm³/mol. The zero-order valence-electron chi connectivity index (χ0n) is 16.2. The van der Waals surface area contributed by atoms with E-state index >= 15 is 0 Å². The van der Waals surface area contributed by atoms with Crippen LogP contribution < -0.4 is 4.72 Å². The van der Waals surface area contributed by atoms with Gasteiger partial charge in [0.25, 0.3) is 0 Å². The molecule has 0 spiro atoms. The number of rotatable bonds is 6. The normalized spacial score (nSPS) is 12.0. The molecule has 0 aliphatic carbocycles. The molecule has 6 nitrogen and oxygen atoms in total. The molecule has 0 aliphatic rings. The van der Waals surface area contributed by atoms with E-state index in [0.29, 0.717) is 28.2 Å². The van der Waals surface area contributed by atoms with E-state index in [2.05, 4.69) is 14.8 Å². The first-order chi connectivity index (χ1) is 15.0. The Morgan fingerprint density at radius 2 is 1.84 bits per heavy atom. The third kappa shape index (κ3) is 3.83. The standard InChI is InChI=1S/C22H17FN4O2S2/c23-17-8-3-7-16(13-17)21-25-22-27(26-21)18(14-30-22)11-12-24-31(28,29)20-10-4-6-15-5-1-2-9-19(15)20/h1-10,13-14,24H,11-12H2. The summed E-state index contributed by atoms with van der Waals surface area (Å²) in [5.41, 5.74) is 1.43. The molecule has 0 bridgehead atoms. The van der Waals surface area contributed by atoms with E-state index in [9.17, 15) is 12.8 Å². The molecule has 2 heterocycles. The van der Waals surface area contributed by atoms with Crippen molar-refractivity contribution in [3.63, 3.8) is 0 Å². The molecule has 0 atom stereocenters. The van der Waals surface area contributed by atoms with Gasteiger partial charge in [0.15, 0.2) is 5.82 Å². The Morgan fingerprint density at radius 3 is 2.71 bits per heavy atom. The third-order valence-electron chi connectivity index (χ3n) is 4.95. The second kappa shape index (κ2) is 7.84. The smallest absolute Gasteiger partial charge is 0.211 e. The maximum Gasteiger partial charge on any atom is 0.241 e. The van der Waals surface area contributed by atoms with Crippen LogP contribution in [-0.2, 0) is 16.4 Å². The van der Waals surface area contributed by atoms with Crippen molar-refractivity contribution in [2.24, 2.45) is 0 Å². The van der Waals surface area contributed by atoms with Crippen LogP contribution in [0.25, 0.3) is 27.1 Å². The summed E-state index contributed by atoms with van der Waals surface area (Å²) in [5.74, 6) is 0.0858. The van der Waals surface area contributed by atoms with Crippen LogP contribution in [-0.4, -0.2) is 29.6 Å². The molecule has 2 aromatic heterocycles. The number of nitrogens with zero attached hydrogens (tertiary/aromatic N) is 3. The molecule has 0 radical (unpaired) electrons. The number of fused-ring (bicyclic) bond motifs is 2. The maximum absolute atomic E-state index is 13.5. The first-order valence-electron chi connectivity index (χ1n) is 9.58. The molecule has 3 aromatic carbocycles. The van der Waals surface area contributed by atoms with Gasteiger partial charge in [-0.1, -0.05) is 48.5 Å². The molecule has 31 heavy (non-hydrogen) atoms. The van der Waals surface area contributed by atoms with Crippen molar-refractivity contribution in [2.75, 3.05) is 6.54 Å². The molecule has 0 unspecified atom stereocenters. The van der Waals surface area contributed by atoms with Gasteiger partial charge in [0, 0.05) is 29.3 Å². The summed E-state index contributed by atoms with van der Waals surface area (Å²) < 4.78 is 43.6. The van der Waals surface area contributed by atoms with Crippen molar-refractivity contribution >= 4 is 37.1 Å². The maximum atomic E-state index is 13.5. The lowest BCUT2D eigenvalue weighted by atomic mass is 10.1. The predicted octanol–water partition coefficient (Wildman–Crippen LogP) is 4.27. The number of hydrogen-bond acceptors (Lipinski definition) is 5. The van der Waals surface area contributed by atoms with Crippen LogP contribution >= 0.6 is 11.3 Å². The number of benzene rings is 3.